The number of halogens is 2. The molecule has 2 aromatic heterocycles. The van der Waals surface area contributed by atoms with Crippen LogP contribution in [0.2, 0.25) is 5.02 Å². The van der Waals surface area contributed by atoms with Crippen LogP contribution in [0, 0.1) is 0 Å². The van der Waals surface area contributed by atoms with Crippen molar-refractivity contribution in [1.29, 1.82) is 0 Å². The van der Waals surface area contributed by atoms with Crippen LogP contribution < -0.4 is 5.56 Å². The van der Waals surface area contributed by atoms with Crippen molar-refractivity contribution in [3.05, 3.63) is 84.4 Å². The summed E-state index contributed by atoms with van der Waals surface area (Å²) >= 11 is 13.1. The summed E-state index contributed by atoms with van der Waals surface area (Å²) in [6, 6.07) is 15.6. The van der Waals surface area contributed by atoms with Gasteiger partial charge in [-0.1, -0.05) is 57.5 Å². The molecule has 0 amide bonds. The predicted octanol–water partition coefficient (Wildman–Crippen LogP) is 7.03. The van der Waals surface area contributed by atoms with Gasteiger partial charge in [-0.25, -0.2) is 4.98 Å². The van der Waals surface area contributed by atoms with Crippen molar-refractivity contribution in [2.24, 2.45) is 0 Å². The van der Waals surface area contributed by atoms with E-state index in [1.165, 1.54) is 16.9 Å². The lowest BCUT2D eigenvalue weighted by Crippen LogP contribution is -2.22. The van der Waals surface area contributed by atoms with Gasteiger partial charge in [-0.05, 0) is 67.1 Å². The fourth-order valence-electron chi connectivity index (χ4n) is 3.86. The molecule has 0 saturated heterocycles. The molecule has 3 nitrogen and oxygen atoms in total. The number of aromatic nitrogens is 2. The van der Waals surface area contributed by atoms with E-state index in [2.05, 4.69) is 15.9 Å². The second kappa shape index (κ2) is 8.50. The van der Waals surface area contributed by atoms with Crippen LogP contribution in [0.3, 0.4) is 0 Å². The standard InChI is InChI=1S/C23H18BrClN2OS2/c24-15-9-11-16(12-10-15)27-22(28)20-17-6-2-4-8-19(17)30-21(20)26-23(27)29-13-14-5-1-3-7-18(14)25/h1,3,5,7,9-12H,2,4,6,8,13H2. The molecule has 0 aliphatic heterocycles. The highest BCUT2D eigenvalue weighted by Crippen LogP contribution is 2.36. The van der Waals surface area contributed by atoms with Gasteiger partial charge < -0.3 is 0 Å². The summed E-state index contributed by atoms with van der Waals surface area (Å²) in [6.07, 6.45) is 4.35. The summed E-state index contributed by atoms with van der Waals surface area (Å²) < 4.78 is 2.74. The molecule has 5 rings (SSSR count). The van der Waals surface area contributed by atoms with E-state index in [0.29, 0.717) is 10.9 Å². The molecule has 2 aromatic carbocycles. The van der Waals surface area contributed by atoms with Crippen LogP contribution in [0.1, 0.15) is 28.8 Å². The van der Waals surface area contributed by atoms with Crippen LogP contribution in [0.4, 0.5) is 0 Å². The summed E-state index contributed by atoms with van der Waals surface area (Å²) in [7, 11) is 0. The molecule has 0 saturated carbocycles. The van der Waals surface area contributed by atoms with Crippen LogP contribution in [-0.4, -0.2) is 9.55 Å². The first kappa shape index (κ1) is 20.3. The van der Waals surface area contributed by atoms with Gasteiger partial charge in [0.2, 0.25) is 0 Å². The van der Waals surface area contributed by atoms with Crippen molar-refractivity contribution in [2.45, 2.75) is 36.6 Å². The highest BCUT2D eigenvalue weighted by molar-refractivity contribution is 9.10. The van der Waals surface area contributed by atoms with Gasteiger partial charge in [0.1, 0.15) is 4.83 Å². The van der Waals surface area contributed by atoms with Gasteiger partial charge in [0.25, 0.3) is 5.56 Å². The first-order valence-electron chi connectivity index (χ1n) is 9.81. The Morgan fingerprint density at radius 1 is 1.10 bits per heavy atom. The van der Waals surface area contributed by atoms with Crippen LogP contribution >= 0.6 is 50.6 Å². The third-order valence-corrected chi connectivity index (χ3v) is 8.43. The molecule has 0 bridgehead atoms. The molecule has 4 aromatic rings. The number of rotatable bonds is 4. The number of hydrogen-bond acceptors (Lipinski definition) is 4. The van der Waals surface area contributed by atoms with Gasteiger partial charge in [0.05, 0.1) is 11.1 Å². The Morgan fingerprint density at radius 2 is 1.87 bits per heavy atom. The first-order chi connectivity index (χ1) is 14.6. The van der Waals surface area contributed by atoms with Crippen molar-refractivity contribution in [1.82, 2.24) is 9.55 Å². The number of benzene rings is 2. The second-order valence-corrected chi connectivity index (χ2v) is 10.6. The van der Waals surface area contributed by atoms with Crippen molar-refractivity contribution in [2.75, 3.05) is 0 Å². The third-order valence-electron chi connectivity index (χ3n) is 5.36. The van der Waals surface area contributed by atoms with Crippen molar-refractivity contribution < 1.29 is 0 Å². The minimum atomic E-state index is 0.0309. The summed E-state index contributed by atoms with van der Waals surface area (Å²) in [5.41, 5.74) is 3.11. The third kappa shape index (κ3) is 3.75. The SMILES string of the molecule is O=c1c2c3c(sc2nc(SCc2ccccc2Cl)n1-c1ccc(Br)cc1)CCCC3. The molecule has 0 radical (unpaired) electrons. The first-order valence-corrected chi connectivity index (χ1v) is 12.8. The Balaban J connectivity index is 1.67. The van der Waals surface area contributed by atoms with Crippen LogP contribution in [-0.2, 0) is 18.6 Å². The molecule has 0 atom stereocenters. The normalized spacial score (nSPS) is 13.5. The number of hydrogen-bond donors (Lipinski definition) is 0. The quantitative estimate of drug-likeness (QED) is 0.215. The highest BCUT2D eigenvalue weighted by Gasteiger charge is 2.23. The lowest BCUT2D eigenvalue weighted by molar-refractivity contribution is 0.699. The molecule has 0 N–H and O–H groups in total. The maximum absolute atomic E-state index is 13.7. The van der Waals surface area contributed by atoms with Crippen LogP contribution in [0.15, 0.2) is 63.0 Å². The Morgan fingerprint density at radius 3 is 2.67 bits per heavy atom. The average Bonchev–Trinajstić information content (AvgIpc) is 3.13. The largest absolute Gasteiger partial charge is 0.268 e. The second-order valence-electron chi connectivity index (χ2n) is 7.28. The van der Waals surface area contributed by atoms with E-state index in [1.807, 2.05) is 48.5 Å². The molecule has 7 heteroatoms. The van der Waals surface area contributed by atoms with E-state index in [-0.39, 0.29) is 5.56 Å². The van der Waals surface area contributed by atoms with Gasteiger partial charge in [0.15, 0.2) is 5.16 Å². The topological polar surface area (TPSA) is 34.9 Å². The lowest BCUT2D eigenvalue weighted by Gasteiger charge is -2.14. The van der Waals surface area contributed by atoms with E-state index in [0.717, 1.165) is 50.2 Å². The number of fused-ring (bicyclic) bond motifs is 3. The smallest absolute Gasteiger partial charge is 0.267 e. The van der Waals surface area contributed by atoms with E-state index in [1.54, 1.807) is 27.7 Å². The molecule has 0 spiro atoms. The van der Waals surface area contributed by atoms with Crippen LogP contribution in [0.25, 0.3) is 15.9 Å². The molecule has 0 fully saturated rings. The molecular formula is C23H18BrClN2OS2. The van der Waals surface area contributed by atoms with Crippen LogP contribution in [0.5, 0.6) is 0 Å². The van der Waals surface area contributed by atoms with Gasteiger partial charge >= 0.3 is 0 Å². The van der Waals surface area contributed by atoms with Crippen molar-refractivity contribution in [3.63, 3.8) is 0 Å². The fraction of sp³-hybridized carbons (Fsp3) is 0.217. The van der Waals surface area contributed by atoms with E-state index in [4.69, 9.17) is 16.6 Å². The van der Waals surface area contributed by atoms with E-state index in [9.17, 15) is 4.79 Å². The van der Waals surface area contributed by atoms with E-state index < -0.39 is 0 Å². The lowest BCUT2D eigenvalue weighted by atomic mass is 9.97. The molecule has 0 unspecified atom stereocenters. The minimum absolute atomic E-state index is 0.0309. The molecule has 1 aliphatic carbocycles. The summed E-state index contributed by atoms with van der Waals surface area (Å²) in [5, 5.41) is 2.24. The molecule has 152 valence electrons. The van der Waals surface area contributed by atoms with Crippen molar-refractivity contribution in [3.8, 4) is 5.69 Å². The summed E-state index contributed by atoms with van der Waals surface area (Å²) in [4.78, 5) is 20.9. The molecule has 30 heavy (non-hydrogen) atoms. The number of thiophene rings is 1. The number of aryl methyl sites for hydroxylation is 2. The van der Waals surface area contributed by atoms with E-state index >= 15 is 0 Å². The molecule has 2 heterocycles. The molecular weight excluding hydrogens is 500 g/mol. The van der Waals surface area contributed by atoms with Gasteiger partial charge in [0, 0.05) is 20.1 Å². The fourth-order valence-corrected chi connectivity index (χ4v) is 6.72. The maximum Gasteiger partial charge on any atom is 0.267 e. The number of nitrogens with zero attached hydrogens (tertiary/aromatic N) is 2. The Labute approximate surface area is 196 Å². The molecule has 1 aliphatic rings. The maximum atomic E-state index is 13.7. The average molecular weight is 518 g/mol. The van der Waals surface area contributed by atoms with Crippen molar-refractivity contribution >= 4 is 60.8 Å². The summed E-state index contributed by atoms with van der Waals surface area (Å²) in [5.74, 6) is 0.652. The Hall–Kier alpha value is -1.60. The van der Waals surface area contributed by atoms with Gasteiger partial charge in [-0.2, -0.15) is 0 Å². The van der Waals surface area contributed by atoms with Gasteiger partial charge in [-0.3, -0.25) is 9.36 Å². The summed E-state index contributed by atoms with van der Waals surface area (Å²) in [6.45, 7) is 0. The highest BCUT2D eigenvalue weighted by atomic mass is 79.9. The zero-order valence-corrected chi connectivity index (χ0v) is 20.0. The van der Waals surface area contributed by atoms with Gasteiger partial charge in [-0.15, -0.1) is 11.3 Å². The number of thioether (sulfide) groups is 1. The zero-order chi connectivity index (χ0) is 20.7. The minimum Gasteiger partial charge on any atom is -0.268 e. The Bertz CT molecular complexity index is 1300. The Kier molecular flexibility index (Phi) is 5.75. The monoisotopic (exact) mass is 516 g/mol. The predicted molar refractivity (Wildman–Crippen MR) is 131 cm³/mol. The zero-order valence-electron chi connectivity index (χ0n) is 16.0.